The quantitative estimate of drug-likeness (QED) is 0.769. The summed E-state index contributed by atoms with van der Waals surface area (Å²) in [5.41, 5.74) is 3.03. The zero-order valence-electron chi connectivity index (χ0n) is 13.4. The number of nitrogens with zero attached hydrogens (tertiary/aromatic N) is 4. The Morgan fingerprint density at radius 2 is 2.09 bits per heavy atom. The standard InChI is InChI=1S/C18H23N5/c1-2-5-14(6-3-1)7-4-10-23-13-15(11-21-23)17-12-20-22-18-16(17)8-9-19-18/h8-9,11-14H,1-7,10H2,(H,19,22). The molecule has 3 heterocycles. The van der Waals surface area contributed by atoms with Crippen LogP contribution in [0.4, 0.5) is 0 Å². The molecule has 5 heteroatoms. The van der Waals surface area contributed by atoms with Gasteiger partial charge in [-0.15, -0.1) is 5.10 Å². The van der Waals surface area contributed by atoms with Gasteiger partial charge in [-0.2, -0.15) is 10.2 Å². The zero-order chi connectivity index (χ0) is 15.5. The summed E-state index contributed by atoms with van der Waals surface area (Å²) in [6.07, 6.45) is 17.5. The summed E-state index contributed by atoms with van der Waals surface area (Å²) < 4.78 is 2.07. The van der Waals surface area contributed by atoms with Crippen molar-refractivity contribution in [2.75, 3.05) is 0 Å². The Hall–Kier alpha value is -2.17. The lowest BCUT2D eigenvalue weighted by atomic mass is 9.86. The molecule has 120 valence electrons. The molecule has 4 rings (SSSR count). The molecule has 0 bridgehead atoms. The van der Waals surface area contributed by atoms with E-state index in [4.69, 9.17) is 0 Å². The fraction of sp³-hybridized carbons (Fsp3) is 0.500. The van der Waals surface area contributed by atoms with Gasteiger partial charge in [-0.1, -0.05) is 32.1 Å². The van der Waals surface area contributed by atoms with Gasteiger partial charge in [0.1, 0.15) is 0 Å². The van der Waals surface area contributed by atoms with Crippen molar-refractivity contribution in [2.24, 2.45) is 5.92 Å². The summed E-state index contributed by atoms with van der Waals surface area (Å²) in [7, 11) is 0. The van der Waals surface area contributed by atoms with Crippen molar-refractivity contribution in [3.8, 4) is 11.1 Å². The lowest BCUT2D eigenvalue weighted by molar-refractivity contribution is 0.324. The maximum atomic E-state index is 4.52. The minimum atomic E-state index is 0.826. The van der Waals surface area contributed by atoms with Crippen LogP contribution in [-0.4, -0.2) is 25.0 Å². The van der Waals surface area contributed by atoms with Gasteiger partial charge in [-0.3, -0.25) is 4.68 Å². The largest absolute Gasteiger partial charge is 0.345 e. The third-order valence-corrected chi connectivity index (χ3v) is 5.03. The molecule has 0 saturated heterocycles. The Balaban J connectivity index is 1.41. The average molecular weight is 309 g/mol. The van der Waals surface area contributed by atoms with Crippen LogP contribution in [0.25, 0.3) is 22.2 Å². The highest BCUT2D eigenvalue weighted by atomic mass is 15.3. The third-order valence-electron chi connectivity index (χ3n) is 5.03. The van der Waals surface area contributed by atoms with Gasteiger partial charge >= 0.3 is 0 Å². The summed E-state index contributed by atoms with van der Waals surface area (Å²) in [4.78, 5) is 3.11. The third kappa shape index (κ3) is 3.14. The van der Waals surface area contributed by atoms with E-state index in [2.05, 4.69) is 31.2 Å². The molecule has 1 aliphatic carbocycles. The number of nitrogens with one attached hydrogen (secondary N) is 1. The van der Waals surface area contributed by atoms with Gasteiger partial charge in [0.25, 0.3) is 0 Å². The second-order valence-corrected chi connectivity index (χ2v) is 6.64. The van der Waals surface area contributed by atoms with Crippen molar-refractivity contribution in [3.63, 3.8) is 0 Å². The predicted octanol–water partition coefficient (Wildman–Crippen LogP) is 4.18. The molecule has 23 heavy (non-hydrogen) atoms. The van der Waals surface area contributed by atoms with Crippen LogP contribution in [-0.2, 0) is 6.54 Å². The number of hydrogen-bond acceptors (Lipinski definition) is 3. The second-order valence-electron chi connectivity index (χ2n) is 6.64. The lowest BCUT2D eigenvalue weighted by Gasteiger charge is -2.21. The minimum Gasteiger partial charge on any atom is -0.345 e. The molecular formula is C18H23N5. The lowest BCUT2D eigenvalue weighted by Crippen LogP contribution is -2.08. The van der Waals surface area contributed by atoms with Crippen molar-refractivity contribution in [1.82, 2.24) is 25.0 Å². The van der Waals surface area contributed by atoms with Crippen LogP contribution in [0.5, 0.6) is 0 Å². The van der Waals surface area contributed by atoms with Crippen molar-refractivity contribution in [3.05, 3.63) is 30.9 Å². The molecule has 0 radical (unpaired) electrons. The number of H-pyrrole nitrogens is 1. The molecular weight excluding hydrogens is 286 g/mol. The summed E-state index contributed by atoms with van der Waals surface area (Å²) in [5.74, 6) is 0.947. The molecule has 1 fully saturated rings. The number of fused-ring (bicyclic) bond motifs is 1. The van der Waals surface area contributed by atoms with Crippen LogP contribution in [0, 0.1) is 5.92 Å². The molecule has 3 aromatic heterocycles. The molecule has 0 spiro atoms. The fourth-order valence-corrected chi connectivity index (χ4v) is 3.75. The van der Waals surface area contributed by atoms with E-state index in [1.54, 1.807) is 0 Å². The van der Waals surface area contributed by atoms with E-state index in [9.17, 15) is 0 Å². The number of aryl methyl sites for hydroxylation is 1. The van der Waals surface area contributed by atoms with Crippen LogP contribution >= 0.6 is 0 Å². The van der Waals surface area contributed by atoms with Crippen LogP contribution in [0.15, 0.2) is 30.9 Å². The van der Waals surface area contributed by atoms with Gasteiger partial charge in [0.05, 0.1) is 12.4 Å². The Labute approximate surface area is 136 Å². The molecule has 1 saturated carbocycles. The van der Waals surface area contributed by atoms with Crippen molar-refractivity contribution in [1.29, 1.82) is 0 Å². The van der Waals surface area contributed by atoms with Gasteiger partial charge in [-0.25, -0.2) is 0 Å². The van der Waals surface area contributed by atoms with E-state index in [0.29, 0.717) is 0 Å². The monoisotopic (exact) mass is 309 g/mol. The van der Waals surface area contributed by atoms with Crippen LogP contribution in [0.3, 0.4) is 0 Å². The van der Waals surface area contributed by atoms with Gasteiger partial charge in [0, 0.05) is 35.5 Å². The first-order chi connectivity index (χ1) is 11.4. The summed E-state index contributed by atoms with van der Waals surface area (Å²) in [6, 6.07) is 2.04. The molecule has 0 amide bonds. The Kier molecular flexibility index (Phi) is 4.09. The van der Waals surface area contributed by atoms with E-state index < -0.39 is 0 Å². The first-order valence-electron chi connectivity index (χ1n) is 8.72. The molecule has 1 N–H and O–H groups in total. The Morgan fingerprint density at radius 3 is 3.00 bits per heavy atom. The second kappa shape index (κ2) is 6.52. The van der Waals surface area contributed by atoms with Crippen molar-refractivity contribution < 1.29 is 0 Å². The topological polar surface area (TPSA) is 59.4 Å². The number of rotatable bonds is 5. The number of hydrogen-bond donors (Lipinski definition) is 1. The molecule has 5 nitrogen and oxygen atoms in total. The van der Waals surface area contributed by atoms with Crippen molar-refractivity contribution in [2.45, 2.75) is 51.5 Å². The maximum Gasteiger partial charge on any atom is 0.160 e. The zero-order valence-corrected chi connectivity index (χ0v) is 13.4. The Morgan fingerprint density at radius 1 is 1.17 bits per heavy atom. The van der Waals surface area contributed by atoms with E-state index in [1.807, 2.05) is 24.7 Å². The van der Waals surface area contributed by atoms with E-state index in [1.165, 1.54) is 44.9 Å². The summed E-state index contributed by atoms with van der Waals surface area (Å²) in [6.45, 7) is 1.01. The van der Waals surface area contributed by atoms with Gasteiger partial charge in [-0.05, 0) is 24.8 Å². The average Bonchev–Trinajstić information content (AvgIpc) is 3.24. The van der Waals surface area contributed by atoms with Gasteiger partial charge in [0.15, 0.2) is 5.65 Å². The Bertz CT molecular complexity index is 766. The number of aromatic nitrogens is 5. The highest BCUT2D eigenvalue weighted by Gasteiger charge is 2.13. The van der Waals surface area contributed by atoms with Crippen LogP contribution in [0.2, 0.25) is 0 Å². The van der Waals surface area contributed by atoms with E-state index in [-0.39, 0.29) is 0 Å². The van der Waals surface area contributed by atoms with Gasteiger partial charge < -0.3 is 4.98 Å². The fourth-order valence-electron chi connectivity index (χ4n) is 3.75. The normalized spacial score (nSPS) is 16.2. The van der Waals surface area contributed by atoms with Crippen LogP contribution in [0.1, 0.15) is 44.9 Å². The molecule has 0 aliphatic heterocycles. The summed E-state index contributed by atoms with van der Waals surface area (Å²) >= 11 is 0. The molecule has 0 aromatic carbocycles. The first-order valence-corrected chi connectivity index (χ1v) is 8.72. The molecule has 0 atom stereocenters. The van der Waals surface area contributed by atoms with Crippen LogP contribution < -0.4 is 0 Å². The molecule has 1 aliphatic rings. The van der Waals surface area contributed by atoms with Crippen molar-refractivity contribution >= 4 is 11.0 Å². The first kappa shape index (κ1) is 14.4. The smallest absolute Gasteiger partial charge is 0.160 e. The highest BCUT2D eigenvalue weighted by molar-refractivity contribution is 5.91. The van der Waals surface area contributed by atoms with E-state index >= 15 is 0 Å². The molecule has 0 unspecified atom stereocenters. The maximum absolute atomic E-state index is 4.52. The van der Waals surface area contributed by atoms with E-state index in [0.717, 1.165) is 34.6 Å². The van der Waals surface area contributed by atoms with Gasteiger partial charge in [0.2, 0.25) is 0 Å². The summed E-state index contributed by atoms with van der Waals surface area (Å²) in [5, 5.41) is 13.8. The molecule has 3 aromatic rings. The number of aromatic amines is 1. The highest BCUT2D eigenvalue weighted by Crippen LogP contribution is 2.28. The minimum absolute atomic E-state index is 0.826. The SMILES string of the molecule is c1cc2c(-c3cnn(CCCC4CCCCC4)c3)cnnc2[nH]1. The predicted molar refractivity (Wildman–Crippen MR) is 90.9 cm³/mol.